The van der Waals surface area contributed by atoms with Gasteiger partial charge in [0.05, 0.1) is 16.4 Å². The Morgan fingerprint density at radius 2 is 1.59 bits per heavy atom. The van der Waals surface area contributed by atoms with Crippen molar-refractivity contribution in [2.75, 3.05) is 18.6 Å². The zero-order valence-corrected chi connectivity index (χ0v) is 15.3. The van der Waals surface area contributed by atoms with Crippen molar-refractivity contribution in [2.45, 2.75) is 45.1 Å². The predicted molar refractivity (Wildman–Crippen MR) is 87.4 cm³/mol. The molecule has 1 heterocycles. The molecule has 5 nitrogen and oxygen atoms in total. The van der Waals surface area contributed by atoms with Crippen molar-refractivity contribution in [1.82, 2.24) is 4.31 Å². The van der Waals surface area contributed by atoms with E-state index in [0.29, 0.717) is 11.3 Å². The van der Waals surface area contributed by atoms with Crippen LogP contribution in [0.1, 0.15) is 28.7 Å². The van der Waals surface area contributed by atoms with Crippen molar-refractivity contribution < 1.29 is 16.8 Å². The molecular formula is C15H23NO4S2. The zero-order chi connectivity index (χ0) is 16.9. The molecule has 1 aliphatic rings. The predicted octanol–water partition coefficient (Wildman–Crippen LogP) is 1.73. The first kappa shape index (κ1) is 17.4. The fraction of sp³-hybridized carbons (Fsp3) is 0.600. The standard InChI is InChI=1S/C15H23NO4S2/c1-10-8-11(2)13(4)15(12(10)3)22(19,20)16(5)14-6-7-21(17,18)9-14/h8,14H,6-7,9H2,1-5H3. The lowest BCUT2D eigenvalue weighted by Gasteiger charge is -2.26. The molecule has 7 heteroatoms. The number of hydrogen-bond acceptors (Lipinski definition) is 4. The molecule has 1 unspecified atom stereocenters. The maximum absolute atomic E-state index is 13.0. The van der Waals surface area contributed by atoms with E-state index in [2.05, 4.69) is 0 Å². The minimum atomic E-state index is -3.71. The summed E-state index contributed by atoms with van der Waals surface area (Å²) in [6.45, 7) is 7.38. The Morgan fingerprint density at radius 3 is 2.00 bits per heavy atom. The average molecular weight is 345 g/mol. The Balaban J connectivity index is 2.52. The number of sulfone groups is 1. The number of aryl methyl sites for hydroxylation is 2. The Hall–Kier alpha value is -0.920. The van der Waals surface area contributed by atoms with E-state index >= 15 is 0 Å². The number of rotatable bonds is 3. The first-order valence-corrected chi connectivity index (χ1v) is 10.5. The molecule has 0 bridgehead atoms. The third kappa shape index (κ3) is 2.94. The van der Waals surface area contributed by atoms with Crippen LogP contribution in [0, 0.1) is 27.7 Å². The fourth-order valence-electron chi connectivity index (χ4n) is 2.97. The maximum atomic E-state index is 13.0. The Bertz CT molecular complexity index is 784. The third-order valence-corrected chi connectivity index (χ3v) is 8.59. The lowest BCUT2D eigenvalue weighted by Crippen LogP contribution is -2.38. The highest BCUT2D eigenvalue weighted by Gasteiger charge is 2.37. The van der Waals surface area contributed by atoms with Crippen LogP contribution in [-0.4, -0.2) is 45.7 Å². The minimum absolute atomic E-state index is 0.0579. The van der Waals surface area contributed by atoms with Gasteiger partial charge in [0.1, 0.15) is 0 Å². The normalized spacial score (nSPS) is 21.5. The lowest BCUT2D eigenvalue weighted by molar-refractivity contribution is 0.393. The molecule has 1 aliphatic heterocycles. The third-order valence-electron chi connectivity index (χ3n) is 4.66. The SMILES string of the molecule is Cc1cc(C)c(C)c(S(=O)(=O)N(C)C2CCS(=O)(=O)C2)c1C. The molecule has 0 saturated carbocycles. The molecule has 1 fully saturated rings. The molecule has 1 atom stereocenters. The van der Waals surface area contributed by atoms with Gasteiger partial charge in [-0.15, -0.1) is 0 Å². The molecule has 124 valence electrons. The van der Waals surface area contributed by atoms with Gasteiger partial charge in [0.25, 0.3) is 0 Å². The van der Waals surface area contributed by atoms with E-state index in [1.807, 2.05) is 19.9 Å². The van der Waals surface area contributed by atoms with E-state index in [-0.39, 0.29) is 11.5 Å². The van der Waals surface area contributed by atoms with Gasteiger partial charge in [-0.2, -0.15) is 4.31 Å². The van der Waals surface area contributed by atoms with Crippen molar-refractivity contribution in [3.63, 3.8) is 0 Å². The highest BCUT2D eigenvalue weighted by molar-refractivity contribution is 7.92. The Morgan fingerprint density at radius 1 is 1.09 bits per heavy atom. The van der Waals surface area contributed by atoms with Gasteiger partial charge < -0.3 is 0 Å². The van der Waals surface area contributed by atoms with Crippen LogP contribution in [0.5, 0.6) is 0 Å². The van der Waals surface area contributed by atoms with Crippen LogP contribution in [0.15, 0.2) is 11.0 Å². The summed E-state index contributed by atoms with van der Waals surface area (Å²) in [4.78, 5) is 0.316. The van der Waals surface area contributed by atoms with Crippen LogP contribution in [0.25, 0.3) is 0 Å². The van der Waals surface area contributed by atoms with Gasteiger partial charge in [-0.1, -0.05) is 6.07 Å². The minimum Gasteiger partial charge on any atom is -0.229 e. The number of hydrogen-bond donors (Lipinski definition) is 0. The quantitative estimate of drug-likeness (QED) is 0.836. The second kappa shape index (κ2) is 5.62. The lowest BCUT2D eigenvalue weighted by atomic mass is 10.0. The van der Waals surface area contributed by atoms with Gasteiger partial charge >= 0.3 is 0 Å². The largest absolute Gasteiger partial charge is 0.243 e. The van der Waals surface area contributed by atoms with Crippen molar-refractivity contribution in [3.8, 4) is 0 Å². The monoisotopic (exact) mass is 345 g/mol. The molecule has 1 saturated heterocycles. The topological polar surface area (TPSA) is 71.5 Å². The van der Waals surface area contributed by atoms with Crippen LogP contribution in [0.4, 0.5) is 0 Å². The Labute approximate surface area is 133 Å². The second-order valence-corrected chi connectivity index (χ2v) is 10.3. The summed E-state index contributed by atoms with van der Waals surface area (Å²) in [5.74, 6) is -0.0338. The van der Waals surface area contributed by atoms with Gasteiger partial charge in [0, 0.05) is 13.1 Å². The van der Waals surface area contributed by atoms with Gasteiger partial charge in [-0.25, -0.2) is 16.8 Å². The molecule has 0 aromatic heterocycles. The molecule has 0 spiro atoms. The van der Waals surface area contributed by atoms with E-state index in [4.69, 9.17) is 0 Å². The molecule has 0 N–H and O–H groups in total. The summed E-state index contributed by atoms with van der Waals surface area (Å²) >= 11 is 0. The fourth-order valence-corrected chi connectivity index (χ4v) is 6.80. The number of benzene rings is 1. The van der Waals surface area contributed by atoms with Crippen molar-refractivity contribution in [3.05, 3.63) is 28.3 Å². The maximum Gasteiger partial charge on any atom is 0.243 e. The molecule has 0 aliphatic carbocycles. The van der Waals surface area contributed by atoms with Crippen LogP contribution in [0.2, 0.25) is 0 Å². The average Bonchev–Trinajstić information content (AvgIpc) is 2.76. The van der Waals surface area contributed by atoms with Gasteiger partial charge in [0.15, 0.2) is 9.84 Å². The number of sulfonamides is 1. The summed E-state index contributed by atoms with van der Waals surface area (Å²) in [7, 11) is -5.35. The highest BCUT2D eigenvalue weighted by Crippen LogP contribution is 2.30. The number of nitrogens with zero attached hydrogens (tertiary/aromatic N) is 1. The molecule has 22 heavy (non-hydrogen) atoms. The summed E-state index contributed by atoms with van der Waals surface area (Å²) in [5.41, 5.74) is 3.31. The van der Waals surface area contributed by atoms with Crippen molar-refractivity contribution >= 4 is 19.9 Å². The van der Waals surface area contributed by atoms with E-state index in [0.717, 1.165) is 22.3 Å². The molecule has 2 rings (SSSR count). The summed E-state index contributed by atoms with van der Waals surface area (Å²) in [5, 5.41) is 0. The first-order chi connectivity index (χ1) is 9.97. The Kier molecular flexibility index (Phi) is 4.45. The molecule has 1 aromatic rings. The van der Waals surface area contributed by atoms with E-state index < -0.39 is 25.9 Å². The van der Waals surface area contributed by atoms with Crippen molar-refractivity contribution in [2.24, 2.45) is 0 Å². The van der Waals surface area contributed by atoms with Crippen molar-refractivity contribution in [1.29, 1.82) is 0 Å². The van der Waals surface area contributed by atoms with Crippen LogP contribution in [-0.2, 0) is 19.9 Å². The van der Waals surface area contributed by atoms with Crippen LogP contribution in [0.3, 0.4) is 0 Å². The first-order valence-electron chi connectivity index (χ1n) is 7.23. The smallest absolute Gasteiger partial charge is 0.229 e. The van der Waals surface area contributed by atoms with Crippen LogP contribution >= 0.6 is 0 Å². The molecule has 0 radical (unpaired) electrons. The van der Waals surface area contributed by atoms with E-state index in [1.165, 1.54) is 11.4 Å². The van der Waals surface area contributed by atoms with Gasteiger partial charge in [-0.3, -0.25) is 0 Å². The van der Waals surface area contributed by atoms with Gasteiger partial charge in [-0.05, 0) is 56.4 Å². The zero-order valence-electron chi connectivity index (χ0n) is 13.7. The molecular weight excluding hydrogens is 322 g/mol. The summed E-state index contributed by atoms with van der Waals surface area (Å²) in [6.07, 6.45) is 0.362. The highest BCUT2D eigenvalue weighted by atomic mass is 32.2. The molecule has 0 amide bonds. The van der Waals surface area contributed by atoms with Crippen LogP contribution < -0.4 is 0 Å². The van der Waals surface area contributed by atoms with Gasteiger partial charge in [0.2, 0.25) is 10.0 Å². The second-order valence-electron chi connectivity index (χ2n) is 6.17. The molecule has 1 aromatic carbocycles. The van der Waals surface area contributed by atoms with E-state index in [1.54, 1.807) is 13.8 Å². The summed E-state index contributed by atoms with van der Waals surface area (Å²) < 4.78 is 50.5. The summed E-state index contributed by atoms with van der Waals surface area (Å²) in [6, 6.07) is 1.50. The van der Waals surface area contributed by atoms with E-state index in [9.17, 15) is 16.8 Å².